The highest BCUT2D eigenvalue weighted by Gasteiger charge is 2.28. The molecule has 2 heterocycles. The summed E-state index contributed by atoms with van der Waals surface area (Å²) >= 11 is 0. The number of benzene rings is 1. The zero-order valence-corrected chi connectivity index (χ0v) is 15.2. The van der Waals surface area contributed by atoms with Gasteiger partial charge in [-0.2, -0.15) is 4.31 Å². The molecule has 1 aromatic carbocycles. The zero-order valence-electron chi connectivity index (χ0n) is 14.3. The molecule has 0 amide bonds. The maximum absolute atomic E-state index is 12.7. The van der Waals surface area contributed by atoms with E-state index in [0.717, 1.165) is 26.1 Å². The Bertz CT molecular complexity index is 771. The third kappa shape index (κ3) is 4.36. The monoisotopic (exact) mass is 361 g/mol. The van der Waals surface area contributed by atoms with Crippen LogP contribution in [0.25, 0.3) is 0 Å². The van der Waals surface area contributed by atoms with Gasteiger partial charge in [-0.05, 0) is 48.4 Å². The lowest BCUT2D eigenvalue weighted by molar-refractivity contribution is 0.190. The molecule has 7 heteroatoms. The summed E-state index contributed by atoms with van der Waals surface area (Å²) in [4.78, 5) is 6.65. The highest BCUT2D eigenvalue weighted by molar-refractivity contribution is 7.89. The summed E-state index contributed by atoms with van der Waals surface area (Å²) in [5.41, 5.74) is 1.25. The Balaban J connectivity index is 1.55. The van der Waals surface area contributed by atoms with Crippen molar-refractivity contribution in [2.75, 3.05) is 39.8 Å². The summed E-state index contributed by atoms with van der Waals surface area (Å²) in [5.74, 6) is 0.653. The number of hydrogen-bond donors (Lipinski definition) is 0. The third-order valence-corrected chi connectivity index (χ3v) is 6.41. The minimum atomic E-state index is -3.43. The number of piperazine rings is 1. The topological polar surface area (TPSA) is 62.7 Å². The Morgan fingerprint density at radius 1 is 1.00 bits per heavy atom. The number of ether oxygens (including phenoxy) is 1. The minimum absolute atomic E-state index is 0.318. The molecule has 0 spiro atoms. The second-order valence-electron chi connectivity index (χ2n) is 6.03. The Morgan fingerprint density at radius 3 is 2.24 bits per heavy atom. The van der Waals surface area contributed by atoms with Gasteiger partial charge in [0.25, 0.3) is 0 Å². The van der Waals surface area contributed by atoms with E-state index in [1.165, 1.54) is 5.56 Å². The predicted octanol–water partition coefficient (Wildman–Crippen LogP) is 1.64. The summed E-state index contributed by atoms with van der Waals surface area (Å²) in [6, 6.07) is 10.6. The van der Waals surface area contributed by atoms with Crippen LogP contribution in [0.4, 0.5) is 0 Å². The molecule has 0 N–H and O–H groups in total. The highest BCUT2D eigenvalue weighted by atomic mass is 32.2. The summed E-state index contributed by atoms with van der Waals surface area (Å²) in [6.45, 7) is 3.47. The first-order valence-corrected chi connectivity index (χ1v) is 9.79. The fourth-order valence-electron chi connectivity index (χ4n) is 2.93. The average molecular weight is 361 g/mol. The third-order valence-electron chi connectivity index (χ3n) is 4.49. The first-order valence-electron chi connectivity index (χ1n) is 8.35. The lowest BCUT2D eigenvalue weighted by Crippen LogP contribution is -2.48. The molecule has 1 aromatic heterocycles. The van der Waals surface area contributed by atoms with Crippen LogP contribution in [0.5, 0.6) is 5.75 Å². The zero-order chi connectivity index (χ0) is 17.7. The highest BCUT2D eigenvalue weighted by Crippen LogP contribution is 2.20. The van der Waals surface area contributed by atoms with Gasteiger partial charge < -0.3 is 9.64 Å². The van der Waals surface area contributed by atoms with Gasteiger partial charge in [0.05, 0.1) is 12.0 Å². The van der Waals surface area contributed by atoms with Gasteiger partial charge in [0.15, 0.2) is 0 Å². The second kappa shape index (κ2) is 7.95. The summed E-state index contributed by atoms with van der Waals surface area (Å²) in [6.07, 6.45) is 4.55. The van der Waals surface area contributed by atoms with Crippen molar-refractivity contribution in [2.45, 2.75) is 11.3 Å². The molecule has 2 aromatic rings. The van der Waals surface area contributed by atoms with Crippen molar-refractivity contribution in [3.63, 3.8) is 0 Å². The molecule has 0 saturated carbocycles. The summed E-state index contributed by atoms with van der Waals surface area (Å²) < 4.78 is 32.1. The number of methoxy groups -OCH3 is 1. The van der Waals surface area contributed by atoms with E-state index in [2.05, 4.69) is 9.88 Å². The van der Waals surface area contributed by atoms with Gasteiger partial charge in [0.2, 0.25) is 10.0 Å². The predicted molar refractivity (Wildman–Crippen MR) is 96.1 cm³/mol. The number of nitrogens with zero attached hydrogens (tertiary/aromatic N) is 3. The second-order valence-corrected chi connectivity index (χ2v) is 7.96. The van der Waals surface area contributed by atoms with Crippen LogP contribution in [0.3, 0.4) is 0 Å². The van der Waals surface area contributed by atoms with Crippen molar-refractivity contribution >= 4 is 10.0 Å². The van der Waals surface area contributed by atoms with E-state index < -0.39 is 10.0 Å². The van der Waals surface area contributed by atoms with Gasteiger partial charge in [-0.15, -0.1) is 0 Å². The van der Waals surface area contributed by atoms with Crippen LogP contribution in [-0.2, 0) is 16.4 Å². The number of pyridine rings is 1. The number of hydrogen-bond acceptors (Lipinski definition) is 5. The molecule has 3 rings (SSSR count). The standard InChI is InChI=1S/C18H23N3O3S/c1-24-17-2-4-18(5-3-17)25(22,23)21-14-12-20(13-15-21)11-8-16-6-9-19-10-7-16/h2-7,9-10H,8,11-15H2,1H3. The normalized spacial score (nSPS) is 16.7. The molecule has 1 saturated heterocycles. The lowest BCUT2D eigenvalue weighted by Gasteiger charge is -2.34. The van der Waals surface area contributed by atoms with Crippen molar-refractivity contribution in [1.82, 2.24) is 14.2 Å². The summed E-state index contributed by atoms with van der Waals surface area (Å²) in [7, 11) is -1.87. The van der Waals surface area contributed by atoms with E-state index in [1.54, 1.807) is 48.1 Å². The smallest absolute Gasteiger partial charge is 0.243 e. The molecule has 134 valence electrons. The molecule has 0 bridgehead atoms. The van der Waals surface area contributed by atoms with E-state index in [0.29, 0.717) is 23.7 Å². The lowest BCUT2D eigenvalue weighted by atomic mass is 10.2. The largest absolute Gasteiger partial charge is 0.497 e. The van der Waals surface area contributed by atoms with Crippen LogP contribution >= 0.6 is 0 Å². The molecule has 1 aliphatic rings. The molecule has 0 unspecified atom stereocenters. The molecular weight excluding hydrogens is 338 g/mol. The van der Waals surface area contributed by atoms with E-state index in [-0.39, 0.29) is 0 Å². The van der Waals surface area contributed by atoms with Crippen molar-refractivity contribution < 1.29 is 13.2 Å². The van der Waals surface area contributed by atoms with Gasteiger partial charge in [0, 0.05) is 45.1 Å². The van der Waals surface area contributed by atoms with Crippen LogP contribution in [-0.4, -0.2) is 62.4 Å². The Morgan fingerprint density at radius 2 is 1.64 bits per heavy atom. The van der Waals surface area contributed by atoms with Gasteiger partial charge in [-0.25, -0.2) is 8.42 Å². The molecular formula is C18H23N3O3S. The van der Waals surface area contributed by atoms with E-state index in [9.17, 15) is 8.42 Å². The fourth-order valence-corrected chi connectivity index (χ4v) is 4.35. The number of aromatic nitrogens is 1. The average Bonchev–Trinajstić information content (AvgIpc) is 2.67. The quantitative estimate of drug-likeness (QED) is 0.783. The maximum Gasteiger partial charge on any atom is 0.243 e. The minimum Gasteiger partial charge on any atom is -0.497 e. The van der Waals surface area contributed by atoms with Gasteiger partial charge in [-0.1, -0.05) is 0 Å². The van der Waals surface area contributed by atoms with E-state index in [1.807, 2.05) is 12.1 Å². The van der Waals surface area contributed by atoms with E-state index in [4.69, 9.17) is 4.74 Å². The Labute approximate surface area is 149 Å². The van der Waals surface area contributed by atoms with Crippen molar-refractivity contribution in [2.24, 2.45) is 0 Å². The number of rotatable bonds is 6. The van der Waals surface area contributed by atoms with Crippen molar-refractivity contribution in [3.05, 3.63) is 54.4 Å². The molecule has 1 fully saturated rings. The molecule has 6 nitrogen and oxygen atoms in total. The first kappa shape index (κ1) is 17.8. The molecule has 0 atom stereocenters. The van der Waals surface area contributed by atoms with Gasteiger partial charge in [-0.3, -0.25) is 4.98 Å². The van der Waals surface area contributed by atoms with Crippen LogP contribution in [0.2, 0.25) is 0 Å². The first-order chi connectivity index (χ1) is 12.1. The molecule has 1 aliphatic heterocycles. The van der Waals surface area contributed by atoms with E-state index >= 15 is 0 Å². The summed E-state index contributed by atoms with van der Waals surface area (Å²) in [5, 5.41) is 0. The van der Waals surface area contributed by atoms with Crippen LogP contribution < -0.4 is 4.74 Å². The number of sulfonamides is 1. The SMILES string of the molecule is COc1ccc(S(=O)(=O)N2CCN(CCc3ccncc3)CC2)cc1. The van der Waals surface area contributed by atoms with Crippen LogP contribution in [0.1, 0.15) is 5.56 Å². The molecule has 0 aliphatic carbocycles. The van der Waals surface area contributed by atoms with Crippen molar-refractivity contribution in [3.8, 4) is 5.75 Å². The Kier molecular flexibility index (Phi) is 5.67. The van der Waals surface area contributed by atoms with Gasteiger partial charge >= 0.3 is 0 Å². The maximum atomic E-state index is 12.7. The van der Waals surface area contributed by atoms with Gasteiger partial charge in [0.1, 0.15) is 5.75 Å². The fraction of sp³-hybridized carbons (Fsp3) is 0.389. The van der Waals surface area contributed by atoms with Crippen LogP contribution in [0.15, 0.2) is 53.7 Å². The van der Waals surface area contributed by atoms with Crippen LogP contribution in [0, 0.1) is 0 Å². The molecule has 25 heavy (non-hydrogen) atoms. The Hall–Kier alpha value is -1.96. The van der Waals surface area contributed by atoms with Crippen molar-refractivity contribution in [1.29, 1.82) is 0 Å². The molecule has 0 radical (unpaired) electrons.